The van der Waals surface area contributed by atoms with Crippen LogP contribution in [-0.2, 0) is 6.54 Å². The van der Waals surface area contributed by atoms with Crippen molar-refractivity contribution in [1.29, 1.82) is 0 Å². The van der Waals surface area contributed by atoms with Crippen LogP contribution in [0.4, 0.5) is 5.13 Å². The Morgan fingerprint density at radius 2 is 2.11 bits per heavy atom. The van der Waals surface area contributed by atoms with E-state index in [0.717, 1.165) is 4.70 Å². The fourth-order valence-corrected chi connectivity index (χ4v) is 3.92. The van der Waals surface area contributed by atoms with Crippen molar-refractivity contribution in [2.45, 2.75) is 13.5 Å². The van der Waals surface area contributed by atoms with Gasteiger partial charge in [-0.2, -0.15) is 0 Å². The highest BCUT2D eigenvalue weighted by Crippen LogP contribution is 2.32. The third-order valence-corrected chi connectivity index (χ3v) is 5.31. The molecule has 2 aromatic carbocycles. The van der Waals surface area contributed by atoms with Gasteiger partial charge in [-0.25, -0.2) is 4.98 Å². The van der Waals surface area contributed by atoms with E-state index in [-0.39, 0.29) is 5.91 Å². The molecule has 9 heteroatoms. The molecule has 4 rings (SSSR count). The molecule has 2 heterocycles. The Morgan fingerprint density at radius 3 is 2.86 bits per heavy atom. The standard InChI is InChI=1S/C19H16N4O4S/c1-3-23-12-8-7-10(9-11(12)20-17(25)18(23)26)16(24)22-19-21-15-13(27-2)5-4-6-14(15)28-19/h4-9H,3H2,1-2H3,(H,20,25)(H,21,22,24). The first-order valence-corrected chi connectivity index (χ1v) is 9.35. The number of aryl methyl sites for hydroxylation is 1. The van der Waals surface area contributed by atoms with Gasteiger partial charge in [-0.15, -0.1) is 0 Å². The summed E-state index contributed by atoms with van der Waals surface area (Å²) in [5.74, 6) is 0.269. The summed E-state index contributed by atoms with van der Waals surface area (Å²) in [4.78, 5) is 43.4. The fourth-order valence-electron chi connectivity index (χ4n) is 3.05. The van der Waals surface area contributed by atoms with Gasteiger partial charge < -0.3 is 14.3 Å². The number of H-pyrrole nitrogens is 1. The van der Waals surface area contributed by atoms with Crippen LogP contribution in [0.3, 0.4) is 0 Å². The van der Waals surface area contributed by atoms with Crippen LogP contribution in [0.25, 0.3) is 21.3 Å². The normalized spacial score (nSPS) is 11.1. The SMILES string of the molecule is CCn1c(=O)c(=O)[nH]c2cc(C(=O)Nc3nc4c(OC)cccc4s3)ccc21. The number of rotatable bonds is 4. The summed E-state index contributed by atoms with van der Waals surface area (Å²) in [6, 6.07) is 10.4. The number of thiazole rings is 1. The van der Waals surface area contributed by atoms with Crippen LogP contribution >= 0.6 is 11.3 Å². The number of carbonyl (C=O) groups excluding carboxylic acids is 1. The fraction of sp³-hybridized carbons (Fsp3) is 0.158. The Bertz CT molecular complexity index is 1340. The van der Waals surface area contributed by atoms with E-state index < -0.39 is 11.1 Å². The predicted molar refractivity (Wildman–Crippen MR) is 109 cm³/mol. The minimum atomic E-state index is -0.717. The molecule has 2 N–H and O–H groups in total. The molecule has 1 amide bonds. The Balaban J connectivity index is 1.70. The van der Waals surface area contributed by atoms with Gasteiger partial charge in [0.15, 0.2) is 5.13 Å². The highest BCUT2D eigenvalue weighted by atomic mass is 32.1. The molecule has 8 nitrogen and oxygen atoms in total. The number of hydrogen-bond acceptors (Lipinski definition) is 6. The third kappa shape index (κ3) is 2.95. The molecule has 142 valence electrons. The third-order valence-electron chi connectivity index (χ3n) is 4.38. The molecule has 0 aliphatic heterocycles. The zero-order valence-corrected chi connectivity index (χ0v) is 15.9. The van der Waals surface area contributed by atoms with Gasteiger partial charge in [0.1, 0.15) is 11.3 Å². The highest BCUT2D eigenvalue weighted by molar-refractivity contribution is 7.22. The van der Waals surface area contributed by atoms with E-state index in [2.05, 4.69) is 15.3 Å². The number of ether oxygens (including phenoxy) is 1. The zero-order chi connectivity index (χ0) is 19.8. The lowest BCUT2D eigenvalue weighted by Gasteiger charge is -2.08. The quantitative estimate of drug-likeness (QED) is 0.516. The lowest BCUT2D eigenvalue weighted by molar-refractivity contribution is 0.102. The van der Waals surface area contributed by atoms with Gasteiger partial charge in [0.2, 0.25) is 0 Å². The van der Waals surface area contributed by atoms with Crippen LogP contribution in [0.5, 0.6) is 5.75 Å². The molecule has 28 heavy (non-hydrogen) atoms. The molecule has 0 unspecified atom stereocenters. The van der Waals surface area contributed by atoms with E-state index in [0.29, 0.717) is 39.5 Å². The van der Waals surface area contributed by atoms with Crippen molar-refractivity contribution in [2.24, 2.45) is 0 Å². The van der Waals surface area contributed by atoms with Gasteiger partial charge in [0, 0.05) is 12.1 Å². The number of benzene rings is 2. The largest absolute Gasteiger partial charge is 0.494 e. The number of aromatic nitrogens is 3. The Labute approximate surface area is 162 Å². The molecule has 2 aromatic heterocycles. The molecule has 0 saturated heterocycles. The van der Waals surface area contributed by atoms with Gasteiger partial charge in [0.05, 0.1) is 22.8 Å². The number of fused-ring (bicyclic) bond motifs is 2. The van der Waals surface area contributed by atoms with Crippen molar-refractivity contribution in [2.75, 3.05) is 12.4 Å². The second-order valence-electron chi connectivity index (χ2n) is 6.02. The molecule has 0 bridgehead atoms. The molecule has 0 saturated carbocycles. The van der Waals surface area contributed by atoms with Gasteiger partial charge in [-0.3, -0.25) is 19.7 Å². The van der Waals surface area contributed by atoms with Crippen LogP contribution in [0.1, 0.15) is 17.3 Å². The second-order valence-corrected chi connectivity index (χ2v) is 7.05. The highest BCUT2D eigenvalue weighted by Gasteiger charge is 2.14. The summed E-state index contributed by atoms with van der Waals surface area (Å²) in [5, 5.41) is 3.21. The number of carbonyl (C=O) groups is 1. The van der Waals surface area contributed by atoms with Crippen LogP contribution in [0.15, 0.2) is 46.0 Å². The summed E-state index contributed by atoms with van der Waals surface area (Å²) >= 11 is 1.34. The number of amides is 1. The van der Waals surface area contributed by atoms with Crippen molar-refractivity contribution in [1.82, 2.24) is 14.5 Å². The number of para-hydroxylation sites is 1. The maximum Gasteiger partial charge on any atom is 0.316 e. The smallest absolute Gasteiger partial charge is 0.316 e. The molecule has 0 aliphatic rings. The van der Waals surface area contributed by atoms with Gasteiger partial charge >= 0.3 is 11.1 Å². The van der Waals surface area contributed by atoms with Crippen molar-refractivity contribution in [3.8, 4) is 5.75 Å². The molecule has 0 fully saturated rings. The predicted octanol–water partition coefficient (Wildman–Crippen LogP) is 2.58. The minimum Gasteiger partial charge on any atom is -0.494 e. The number of nitrogens with one attached hydrogen (secondary N) is 2. The van der Waals surface area contributed by atoms with E-state index in [4.69, 9.17) is 4.74 Å². The number of hydrogen-bond donors (Lipinski definition) is 2. The molecular formula is C19H16N4O4S. The molecular weight excluding hydrogens is 380 g/mol. The maximum atomic E-state index is 12.7. The van der Waals surface area contributed by atoms with Crippen molar-refractivity contribution < 1.29 is 9.53 Å². The van der Waals surface area contributed by atoms with E-state index >= 15 is 0 Å². The molecule has 0 atom stereocenters. The lowest BCUT2D eigenvalue weighted by atomic mass is 10.1. The average Bonchev–Trinajstić information content (AvgIpc) is 3.11. The van der Waals surface area contributed by atoms with Crippen molar-refractivity contribution >= 4 is 43.6 Å². The monoisotopic (exact) mass is 396 g/mol. The molecule has 0 aliphatic carbocycles. The number of aromatic amines is 1. The maximum absolute atomic E-state index is 12.7. The summed E-state index contributed by atoms with van der Waals surface area (Å²) in [6.45, 7) is 2.14. The number of nitrogens with zero attached hydrogens (tertiary/aromatic N) is 2. The Morgan fingerprint density at radius 1 is 1.29 bits per heavy atom. The summed E-state index contributed by atoms with van der Waals surface area (Å²) in [6.07, 6.45) is 0. The van der Waals surface area contributed by atoms with Crippen molar-refractivity contribution in [3.05, 3.63) is 62.7 Å². The molecule has 0 radical (unpaired) electrons. The summed E-state index contributed by atoms with van der Waals surface area (Å²) in [5.41, 5.74) is 0.676. The summed E-state index contributed by atoms with van der Waals surface area (Å²) < 4.78 is 7.55. The first-order valence-electron chi connectivity index (χ1n) is 8.53. The van der Waals surface area contributed by atoms with Crippen molar-refractivity contribution in [3.63, 3.8) is 0 Å². The van der Waals surface area contributed by atoms with Gasteiger partial charge in [0.25, 0.3) is 5.91 Å². The molecule has 0 spiro atoms. The Hall–Kier alpha value is -3.46. The summed E-state index contributed by atoms with van der Waals surface area (Å²) in [7, 11) is 1.57. The Kier molecular flexibility index (Phi) is 4.44. The second kappa shape index (κ2) is 6.93. The van der Waals surface area contributed by atoms with E-state index in [1.54, 1.807) is 38.3 Å². The topological polar surface area (TPSA) is 106 Å². The average molecular weight is 396 g/mol. The first-order chi connectivity index (χ1) is 13.5. The van der Waals surface area contributed by atoms with Gasteiger partial charge in [-0.1, -0.05) is 17.4 Å². The van der Waals surface area contributed by atoms with Gasteiger partial charge in [-0.05, 0) is 37.3 Å². The van der Waals surface area contributed by atoms with E-state index in [9.17, 15) is 14.4 Å². The van der Waals surface area contributed by atoms with E-state index in [1.165, 1.54) is 15.9 Å². The molecule has 4 aromatic rings. The van der Waals surface area contributed by atoms with Crippen LogP contribution < -0.4 is 21.2 Å². The lowest BCUT2D eigenvalue weighted by Crippen LogP contribution is -2.36. The number of methoxy groups -OCH3 is 1. The van der Waals surface area contributed by atoms with Crippen LogP contribution in [-0.4, -0.2) is 27.6 Å². The zero-order valence-electron chi connectivity index (χ0n) is 15.1. The minimum absolute atomic E-state index is 0.343. The van der Waals surface area contributed by atoms with Crippen LogP contribution in [0, 0.1) is 0 Å². The van der Waals surface area contributed by atoms with E-state index in [1.807, 2.05) is 12.1 Å². The number of anilines is 1. The first kappa shape index (κ1) is 17.9. The van der Waals surface area contributed by atoms with Crippen LogP contribution in [0.2, 0.25) is 0 Å².